The highest BCUT2D eigenvalue weighted by molar-refractivity contribution is 5.40. The summed E-state index contributed by atoms with van der Waals surface area (Å²) in [5, 5.41) is 4.71. The molecular weight excluding hydrogens is 298 g/mol. The lowest BCUT2D eigenvalue weighted by Gasteiger charge is -2.05. The number of anilines is 1. The highest BCUT2D eigenvalue weighted by atomic mass is 15.4. The van der Waals surface area contributed by atoms with E-state index in [4.69, 9.17) is 15.8 Å². The summed E-state index contributed by atoms with van der Waals surface area (Å²) < 4.78 is 1.91. The molecule has 5 nitrogen and oxygen atoms in total. The highest BCUT2D eigenvalue weighted by Gasteiger charge is 2.12. The van der Waals surface area contributed by atoms with Crippen molar-refractivity contribution >= 4 is 5.69 Å². The monoisotopic (exact) mass is 321 g/mol. The number of nitrogens with zero attached hydrogens (tertiary/aromatic N) is 4. The van der Waals surface area contributed by atoms with E-state index in [1.54, 1.807) is 6.20 Å². The molecule has 0 unspecified atom stereocenters. The third-order valence-electron chi connectivity index (χ3n) is 3.95. The van der Waals surface area contributed by atoms with Crippen molar-refractivity contribution in [3.63, 3.8) is 0 Å². The summed E-state index contributed by atoms with van der Waals surface area (Å²) in [6.45, 7) is 2.20. The van der Waals surface area contributed by atoms with Crippen LogP contribution in [0.3, 0.4) is 0 Å². The van der Waals surface area contributed by atoms with E-state index in [9.17, 15) is 0 Å². The van der Waals surface area contributed by atoms with Crippen LogP contribution in [0.2, 0.25) is 0 Å². The van der Waals surface area contributed by atoms with Crippen molar-refractivity contribution in [1.29, 1.82) is 0 Å². The average Bonchev–Trinajstić information content (AvgIpc) is 3.01. The van der Waals surface area contributed by atoms with Crippen molar-refractivity contribution in [2.24, 2.45) is 0 Å². The minimum atomic E-state index is 0.718. The van der Waals surface area contributed by atoms with Gasteiger partial charge in [0.1, 0.15) is 5.82 Å². The summed E-state index contributed by atoms with van der Waals surface area (Å²) in [6.07, 6.45) is 8.73. The van der Waals surface area contributed by atoms with Gasteiger partial charge >= 0.3 is 0 Å². The van der Waals surface area contributed by atoms with E-state index < -0.39 is 0 Å². The minimum Gasteiger partial charge on any atom is -0.399 e. The smallest absolute Gasteiger partial charge is 0.151 e. The van der Waals surface area contributed by atoms with Gasteiger partial charge < -0.3 is 5.73 Å². The van der Waals surface area contributed by atoms with E-state index in [0.29, 0.717) is 0 Å². The van der Waals surface area contributed by atoms with Gasteiger partial charge in [0, 0.05) is 24.7 Å². The quantitative estimate of drug-likeness (QED) is 0.533. The van der Waals surface area contributed by atoms with Crippen LogP contribution < -0.4 is 5.73 Å². The molecule has 3 aromatic rings. The van der Waals surface area contributed by atoms with E-state index in [2.05, 4.69) is 11.9 Å². The van der Waals surface area contributed by atoms with Crippen molar-refractivity contribution in [1.82, 2.24) is 19.7 Å². The van der Waals surface area contributed by atoms with Crippen molar-refractivity contribution < 1.29 is 0 Å². The molecule has 0 fully saturated rings. The molecule has 2 aromatic heterocycles. The Morgan fingerprint density at radius 2 is 1.92 bits per heavy atom. The van der Waals surface area contributed by atoms with Crippen molar-refractivity contribution in [2.75, 3.05) is 5.73 Å². The van der Waals surface area contributed by atoms with E-state index in [1.165, 1.54) is 18.4 Å². The first-order valence-corrected chi connectivity index (χ1v) is 8.46. The largest absolute Gasteiger partial charge is 0.399 e. The first-order valence-electron chi connectivity index (χ1n) is 8.46. The van der Waals surface area contributed by atoms with Crippen LogP contribution in [-0.2, 0) is 12.8 Å². The maximum absolute atomic E-state index is 5.77. The SMILES string of the molecule is CCCCCc1nc(Cc2ccc(N)cc2)n(-c2cccnc2)n1. The maximum Gasteiger partial charge on any atom is 0.151 e. The van der Waals surface area contributed by atoms with Gasteiger partial charge in [-0.15, -0.1) is 0 Å². The summed E-state index contributed by atoms with van der Waals surface area (Å²) in [7, 11) is 0. The zero-order valence-electron chi connectivity index (χ0n) is 14.0. The van der Waals surface area contributed by atoms with Gasteiger partial charge in [-0.3, -0.25) is 4.98 Å². The summed E-state index contributed by atoms with van der Waals surface area (Å²) in [5.74, 6) is 1.83. The zero-order chi connectivity index (χ0) is 16.8. The third-order valence-corrected chi connectivity index (χ3v) is 3.95. The molecule has 2 heterocycles. The highest BCUT2D eigenvalue weighted by Crippen LogP contribution is 2.15. The summed E-state index contributed by atoms with van der Waals surface area (Å²) >= 11 is 0. The molecule has 124 valence electrons. The Balaban J connectivity index is 1.88. The molecule has 5 heteroatoms. The lowest BCUT2D eigenvalue weighted by Crippen LogP contribution is -2.04. The number of rotatable bonds is 7. The molecule has 0 atom stereocenters. The number of unbranched alkanes of at least 4 members (excludes halogenated alkanes) is 2. The van der Waals surface area contributed by atoms with Gasteiger partial charge in [0.2, 0.25) is 0 Å². The third kappa shape index (κ3) is 3.98. The first-order chi connectivity index (χ1) is 11.8. The fraction of sp³-hybridized carbons (Fsp3) is 0.316. The van der Waals surface area contributed by atoms with Crippen molar-refractivity contribution in [2.45, 2.75) is 39.0 Å². The Hall–Kier alpha value is -2.69. The van der Waals surface area contributed by atoms with Crippen LogP contribution in [0.4, 0.5) is 5.69 Å². The summed E-state index contributed by atoms with van der Waals surface area (Å²) in [5.41, 5.74) is 8.65. The topological polar surface area (TPSA) is 69.6 Å². The Kier molecular flexibility index (Phi) is 5.21. The number of nitrogens with two attached hydrogens (primary N) is 1. The molecule has 1 aromatic carbocycles. The molecule has 0 spiro atoms. The molecule has 0 saturated heterocycles. The van der Waals surface area contributed by atoms with Gasteiger partial charge in [0.25, 0.3) is 0 Å². The van der Waals surface area contributed by atoms with Crippen molar-refractivity contribution in [3.8, 4) is 5.69 Å². The fourth-order valence-corrected chi connectivity index (χ4v) is 2.65. The molecule has 0 radical (unpaired) electrons. The molecule has 3 rings (SSSR count). The molecule has 2 N–H and O–H groups in total. The first kappa shape index (κ1) is 16.2. The normalized spacial score (nSPS) is 10.9. The van der Waals surface area contributed by atoms with Crippen LogP contribution >= 0.6 is 0 Å². The standard InChI is InChI=1S/C19H23N5/c1-2-3-4-7-18-22-19(13-15-8-10-16(20)11-9-15)24(23-18)17-6-5-12-21-14-17/h5-6,8-12,14H,2-4,7,13,20H2,1H3. The van der Waals surface area contributed by atoms with Crippen LogP contribution in [0.5, 0.6) is 0 Å². The molecule has 0 bridgehead atoms. The fourth-order valence-electron chi connectivity index (χ4n) is 2.65. The number of benzene rings is 1. The van der Waals surface area contributed by atoms with E-state index in [-0.39, 0.29) is 0 Å². The van der Waals surface area contributed by atoms with Crippen LogP contribution in [0.1, 0.15) is 43.4 Å². The predicted molar refractivity (Wildman–Crippen MR) is 96.0 cm³/mol. The second-order valence-corrected chi connectivity index (χ2v) is 5.94. The van der Waals surface area contributed by atoms with Gasteiger partial charge in [-0.05, 0) is 36.2 Å². The predicted octanol–water partition coefficient (Wildman–Crippen LogP) is 3.57. The molecule has 0 saturated carbocycles. The Labute approximate surface area is 142 Å². The molecule has 24 heavy (non-hydrogen) atoms. The number of hydrogen-bond acceptors (Lipinski definition) is 4. The van der Waals surface area contributed by atoms with Crippen LogP contribution in [0.25, 0.3) is 5.69 Å². The van der Waals surface area contributed by atoms with E-state index in [1.807, 2.05) is 47.3 Å². The number of aryl methyl sites for hydroxylation is 1. The molecular formula is C19H23N5. The lowest BCUT2D eigenvalue weighted by atomic mass is 10.1. The second kappa shape index (κ2) is 7.73. The minimum absolute atomic E-state index is 0.718. The Bertz CT molecular complexity index is 762. The van der Waals surface area contributed by atoms with Crippen molar-refractivity contribution in [3.05, 3.63) is 66.0 Å². The van der Waals surface area contributed by atoms with Gasteiger partial charge in [-0.2, -0.15) is 5.10 Å². The van der Waals surface area contributed by atoms with Gasteiger partial charge in [-0.1, -0.05) is 31.9 Å². The Morgan fingerprint density at radius 3 is 2.62 bits per heavy atom. The van der Waals surface area contributed by atoms with Crippen LogP contribution in [0, 0.1) is 0 Å². The van der Waals surface area contributed by atoms with E-state index >= 15 is 0 Å². The molecule has 0 aliphatic heterocycles. The number of pyridine rings is 1. The molecule has 0 aliphatic rings. The number of aromatic nitrogens is 4. The number of hydrogen-bond donors (Lipinski definition) is 1. The average molecular weight is 321 g/mol. The van der Waals surface area contributed by atoms with Gasteiger partial charge in [0.05, 0.1) is 11.9 Å². The molecule has 0 amide bonds. The van der Waals surface area contributed by atoms with Gasteiger partial charge in [0.15, 0.2) is 5.82 Å². The second-order valence-electron chi connectivity index (χ2n) is 5.94. The van der Waals surface area contributed by atoms with Gasteiger partial charge in [-0.25, -0.2) is 9.67 Å². The van der Waals surface area contributed by atoms with Crippen LogP contribution in [0.15, 0.2) is 48.8 Å². The maximum atomic E-state index is 5.77. The summed E-state index contributed by atoms with van der Waals surface area (Å²) in [6, 6.07) is 11.8. The Morgan fingerprint density at radius 1 is 1.08 bits per heavy atom. The molecule has 0 aliphatic carbocycles. The number of nitrogen functional groups attached to an aromatic ring is 1. The lowest BCUT2D eigenvalue weighted by molar-refractivity contribution is 0.689. The zero-order valence-corrected chi connectivity index (χ0v) is 14.0. The van der Waals surface area contributed by atoms with Crippen LogP contribution in [-0.4, -0.2) is 19.7 Å². The van der Waals surface area contributed by atoms with E-state index in [0.717, 1.165) is 42.3 Å². The summed E-state index contributed by atoms with van der Waals surface area (Å²) in [4.78, 5) is 8.97.